The number of hydrogen-bond acceptors (Lipinski definition) is 5. The van der Waals surface area contributed by atoms with Crippen molar-refractivity contribution in [3.05, 3.63) is 47.7 Å². The largest absolute Gasteiger partial charge is 0.497 e. The lowest BCUT2D eigenvalue weighted by Gasteiger charge is -2.14. The zero-order valence-corrected chi connectivity index (χ0v) is 15.4. The molecule has 0 saturated carbocycles. The van der Waals surface area contributed by atoms with Crippen LogP contribution < -0.4 is 4.74 Å². The van der Waals surface area contributed by atoms with Crippen molar-refractivity contribution in [1.82, 2.24) is 14.9 Å². The Balaban J connectivity index is 1.62. The first-order valence-corrected chi connectivity index (χ1v) is 9.36. The van der Waals surface area contributed by atoms with Gasteiger partial charge in [0, 0.05) is 26.1 Å². The Morgan fingerprint density at radius 3 is 2.96 bits per heavy atom. The quantitative estimate of drug-likeness (QED) is 0.700. The van der Waals surface area contributed by atoms with Gasteiger partial charge in [0.2, 0.25) is 0 Å². The molecule has 25 heavy (non-hydrogen) atoms. The minimum atomic E-state index is -0.120. The number of carbonyl (C=O) groups excluding carboxylic acids is 1. The number of methoxy groups -OCH3 is 1. The number of thioether (sulfide) groups is 1. The number of carbonyl (C=O) groups is 1. The summed E-state index contributed by atoms with van der Waals surface area (Å²) in [4.78, 5) is 21.9. The topological polar surface area (TPSA) is 71.4 Å². The average Bonchev–Trinajstić information content (AvgIpc) is 3.25. The molecule has 0 saturated heterocycles. The number of nitrogens with one attached hydrogen (secondary N) is 1. The van der Waals surface area contributed by atoms with Crippen LogP contribution in [0, 0.1) is 0 Å². The number of aromatic nitrogens is 2. The molecule has 2 aromatic heterocycles. The number of H-pyrrole nitrogens is 1. The number of rotatable bonds is 7. The van der Waals surface area contributed by atoms with Gasteiger partial charge in [-0.15, -0.1) is 0 Å². The van der Waals surface area contributed by atoms with Crippen LogP contribution in [0.3, 0.4) is 0 Å². The van der Waals surface area contributed by atoms with Crippen molar-refractivity contribution in [3.63, 3.8) is 0 Å². The summed E-state index contributed by atoms with van der Waals surface area (Å²) in [6.45, 7) is 0.550. The molecule has 0 aliphatic heterocycles. The highest BCUT2D eigenvalue weighted by Gasteiger charge is 2.16. The van der Waals surface area contributed by atoms with Crippen LogP contribution in [0.4, 0.5) is 0 Å². The van der Waals surface area contributed by atoms with Gasteiger partial charge in [0.15, 0.2) is 5.76 Å². The van der Waals surface area contributed by atoms with E-state index in [1.165, 1.54) is 0 Å². The zero-order chi connectivity index (χ0) is 17.8. The first-order valence-electron chi connectivity index (χ1n) is 7.96. The number of imidazole rings is 1. The van der Waals surface area contributed by atoms with Gasteiger partial charge in [-0.3, -0.25) is 4.79 Å². The lowest BCUT2D eigenvalue weighted by molar-refractivity contribution is 0.0763. The van der Waals surface area contributed by atoms with E-state index in [1.54, 1.807) is 36.9 Å². The van der Waals surface area contributed by atoms with Crippen LogP contribution >= 0.6 is 11.8 Å². The lowest BCUT2D eigenvalue weighted by atomic mass is 10.3. The van der Waals surface area contributed by atoms with Gasteiger partial charge in [-0.1, -0.05) is 0 Å². The number of nitrogens with zero attached hydrogens (tertiary/aromatic N) is 2. The molecule has 0 spiro atoms. The van der Waals surface area contributed by atoms with Gasteiger partial charge in [-0.25, -0.2) is 4.98 Å². The fraction of sp³-hybridized carbons (Fsp3) is 0.333. The van der Waals surface area contributed by atoms with Crippen molar-refractivity contribution >= 4 is 28.7 Å². The van der Waals surface area contributed by atoms with Crippen LogP contribution in [-0.4, -0.2) is 47.7 Å². The third-order valence-corrected chi connectivity index (χ3v) is 4.50. The van der Waals surface area contributed by atoms with E-state index >= 15 is 0 Å². The Bertz CT molecular complexity index is 871. The van der Waals surface area contributed by atoms with E-state index in [1.807, 2.05) is 30.5 Å². The van der Waals surface area contributed by atoms with Gasteiger partial charge in [0.25, 0.3) is 5.91 Å². The van der Waals surface area contributed by atoms with E-state index in [4.69, 9.17) is 9.15 Å². The van der Waals surface area contributed by atoms with E-state index in [2.05, 4.69) is 9.97 Å². The monoisotopic (exact) mass is 359 g/mol. The highest BCUT2D eigenvalue weighted by Crippen LogP contribution is 2.19. The molecule has 3 aromatic rings. The Labute approximate surface area is 150 Å². The van der Waals surface area contributed by atoms with E-state index < -0.39 is 0 Å². The number of amides is 1. The Hall–Kier alpha value is -2.41. The van der Waals surface area contributed by atoms with Gasteiger partial charge in [0.05, 0.1) is 23.9 Å². The molecule has 0 bridgehead atoms. The third kappa shape index (κ3) is 3.99. The highest BCUT2D eigenvalue weighted by atomic mass is 32.2. The number of hydrogen-bond donors (Lipinski definition) is 1. The minimum absolute atomic E-state index is 0.120. The van der Waals surface area contributed by atoms with Crippen LogP contribution in [0.15, 0.2) is 34.7 Å². The van der Waals surface area contributed by atoms with Crippen molar-refractivity contribution in [1.29, 1.82) is 0 Å². The molecule has 0 aliphatic rings. The van der Waals surface area contributed by atoms with Gasteiger partial charge in [0.1, 0.15) is 17.3 Å². The van der Waals surface area contributed by atoms with E-state index in [9.17, 15) is 4.79 Å². The fourth-order valence-electron chi connectivity index (χ4n) is 2.56. The number of benzene rings is 1. The molecule has 0 fully saturated rings. The molecular formula is C18H21N3O3S. The summed E-state index contributed by atoms with van der Waals surface area (Å²) in [6, 6.07) is 9.30. The van der Waals surface area contributed by atoms with E-state index in [0.717, 1.165) is 34.1 Å². The number of ether oxygens (including phenoxy) is 1. The van der Waals surface area contributed by atoms with Crippen LogP contribution in [0.1, 0.15) is 22.1 Å². The Kier molecular flexibility index (Phi) is 5.33. The molecule has 0 aliphatic carbocycles. The minimum Gasteiger partial charge on any atom is -0.497 e. The summed E-state index contributed by atoms with van der Waals surface area (Å²) < 4.78 is 10.8. The molecule has 3 rings (SSSR count). The van der Waals surface area contributed by atoms with Crippen LogP contribution in [0.5, 0.6) is 5.75 Å². The molecule has 1 amide bonds. The predicted molar refractivity (Wildman–Crippen MR) is 99.2 cm³/mol. The van der Waals surface area contributed by atoms with Crippen molar-refractivity contribution < 1.29 is 13.9 Å². The van der Waals surface area contributed by atoms with E-state index in [0.29, 0.717) is 18.7 Å². The smallest absolute Gasteiger partial charge is 0.289 e. The second-order valence-corrected chi connectivity index (χ2v) is 6.61. The molecule has 2 heterocycles. The molecule has 1 aromatic carbocycles. The number of furan rings is 1. The average molecular weight is 359 g/mol. The molecule has 132 valence electrons. The van der Waals surface area contributed by atoms with Crippen LogP contribution in [0.2, 0.25) is 0 Å². The van der Waals surface area contributed by atoms with Crippen molar-refractivity contribution in [2.24, 2.45) is 0 Å². The summed E-state index contributed by atoms with van der Waals surface area (Å²) in [5.74, 6) is 3.46. The maximum atomic E-state index is 12.4. The summed E-state index contributed by atoms with van der Waals surface area (Å²) >= 11 is 1.66. The highest BCUT2D eigenvalue weighted by molar-refractivity contribution is 7.97. The zero-order valence-electron chi connectivity index (χ0n) is 14.5. The second-order valence-electron chi connectivity index (χ2n) is 5.74. The normalized spacial score (nSPS) is 11.0. The predicted octanol–water partition coefficient (Wildman–Crippen LogP) is 3.34. The summed E-state index contributed by atoms with van der Waals surface area (Å²) in [7, 11) is 3.41. The van der Waals surface area contributed by atoms with Gasteiger partial charge < -0.3 is 19.0 Å². The fourth-order valence-corrected chi connectivity index (χ4v) is 3.00. The molecular weight excluding hydrogens is 338 g/mol. The van der Waals surface area contributed by atoms with Crippen LogP contribution in [-0.2, 0) is 12.2 Å². The first kappa shape index (κ1) is 17.4. The van der Waals surface area contributed by atoms with Crippen molar-refractivity contribution in [3.8, 4) is 5.75 Å². The standard InChI is InChI=1S/C18H21N3O3S/c1-21(18(22)16-7-5-13(24-16)11-25-3)9-8-17-19-14-6-4-12(23-2)10-15(14)20-17/h4-7,10H,8-9,11H2,1-3H3,(H,19,20). The number of likely N-dealkylation sites (N-methyl/N-ethyl adjacent to an activating group) is 1. The van der Waals surface area contributed by atoms with Gasteiger partial charge in [-0.05, 0) is 30.5 Å². The molecule has 6 nitrogen and oxygen atoms in total. The molecule has 0 unspecified atom stereocenters. The Morgan fingerprint density at radius 2 is 2.20 bits per heavy atom. The number of fused-ring (bicyclic) bond motifs is 1. The number of aromatic amines is 1. The second kappa shape index (κ2) is 7.65. The van der Waals surface area contributed by atoms with E-state index in [-0.39, 0.29) is 5.91 Å². The first-order chi connectivity index (χ1) is 12.1. The van der Waals surface area contributed by atoms with Crippen LogP contribution in [0.25, 0.3) is 11.0 Å². The van der Waals surface area contributed by atoms with Gasteiger partial charge >= 0.3 is 0 Å². The summed E-state index contributed by atoms with van der Waals surface area (Å²) in [6.07, 6.45) is 2.64. The molecule has 0 atom stereocenters. The maximum Gasteiger partial charge on any atom is 0.289 e. The van der Waals surface area contributed by atoms with Gasteiger partial charge in [-0.2, -0.15) is 11.8 Å². The molecule has 1 N–H and O–H groups in total. The third-order valence-electron chi connectivity index (χ3n) is 3.93. The van der Waals surface area contributed by atoms with Crippen molar-refractivity contribution in [2.45, 2.75) is 12.2 Å². The summed E-state index contributed by atoms with van der Waals surface area (Å²) in [5, 5.41) is 0. The SMILES string of the molecule is COc1ccc2nc(CCN(C)C(=O)c3ccc(CSC)o3)[nH]c2c1. The lowest BCUT2D eigenvalue weighted by Crippen LogP contribution is -2.28. The molecule has 7 heteroatoms. The molecule has 0 radical (unpaired) electrons. The van der Waals surface area contributed by atoms with Crippen molar-refractivity contribution in [2.75, 3.05) is 27.0 Å². The maximum absolute atomic E-state index is 12.4. The Morgan fingerprint density at radius 1 is 1.36 bits per heavy atom. The summed E-state index contributed by atoms with van der Waals surface area (Å²) in [5.41, 5.74) is 1.81.